The van der Waals surface area contributed by atoms with Crippen LogP contribution >= 0.6 is 0 Å². The second-order valence-electron chi connectivity index (χ2n) is 3.72. The summed E-state index contributed by atoms with van der Waals surface area (Å²) in [6.45, 7) is 1.94. The largest absolute Gasteiger partial charge is 0.392 e. The number of pyridine rings is 1. The van der Waals surface area contributed by atoms with Crippen molar-refractivity contribution in [2.45, 2.75) is 13.0 Å². The highest BCUT2D eigenvalue weighted by atomic mass is 16.3. The molecule has 0 saturated carbocycles. The molecule has 1 atom stereocenters. The van der Waals surface area contributed by atoms with E-state index in [1.807, 2.05) is 0 Å². The van der Waals surface area contributed by atoms with Gasteiger partial charge in [-0.1, -0.05) is 0 Å². The first-order valence-electron chi connectivity index (χ1n) is 5.12. The Bertz CT molecular complexity index is 349. The number of hydrogen-bond acceptors (Lipinski definition) is 4. The zero-order chi connectivity index (χ0) is 12.1. The van der Waals surface area contributed by atoms with Crippen LogP contribution in [0.3, 0.4) is 0 Å². The van der Waals surface area contributed by atoms with Crippen LogP contribution in [0, 0.1) is 0 Å². The summed E-state index contributed by atoms with van der Waals surface area (Å²) in [6, 6.07) is 3.45. The minimum atomic E-state index is -0.537. The molecule has 0 aliphatic rings. The molecular weight excluding hydrogens is 206 g/mol. The fraction of sp³-hybridized carbons (Fsp3) is 0.455. The molecule has 1 aromatic heterocycles. The van der Waals surface area contributed by atoms with Crippen LogP contribution in [-0.4, -0.2) is 47.6 Å². The Labute approximate surface area is 95.1 Å². The van der Waals surface area contributed by atoms with Gasteiger partial charge in [-0.2, -0.15) is 0 Å². The first kappa shape index (κ1) is 12.4. The minimum Gasteiger partial charge on any atom is -0.392 e. The summed E-state index contributed by atoms with van der Waals surface area (Å²) >= 11 is 0. The average Bonchev–Trinajstić information content (AvgIpc) is 2.27. The number of hydrogen-bond donors (Lipinski definition) is 2. The minimum absolute atomic E-state index is 0.191. The fourth-order valence-electron chi connectivity index (χ4n) is 1.34. The van der Waals surface area contributed by atoms with Gasteiger partial charge in [0.1, 0.15) is 5.69 Å². The number of aromatic nitrogens is 1. The van der Waals surface area contributed by atoms with Gasteiger partial charge in [0.2, 0.25) is 0 Å². The summed E-state index contributed by atoms with van der Waals surface area (Å²) in [7, 11) is 3.43. The molecule has 0 aliphatic carbocycles. The number of rotatable bonds is 4. The molecule has 5 heteroatoms. The number of carbonyl (C=O) groups excluding carboxylic acids is 1. The lowest BCUT2D eigenvalue weighted by molar-refractivity contribution is 0.0698. The zero-order valence-corrected chi connectivity index (χ0v) is 9.77. The summed E-state index contributed by atoms with van der Waals surface area (Å²) in [5.41, 5.74) is 1.23. The van der Waals surface area contributed by atoms with Gasteiger partial charge in [0, 0.05) is 20.6 Å². The Hall–Kier alpha value is -1.62. The number of aliphatic hydroxyl groups is 1. The van der Waals surface area contributed by atoms with Crippen molar-refractivity contribution >= 4 is 11.6 Å². The third-order valence-electron chi connectivity index (χ3n) is 2.16. The molecule has 0 spiro atoms. The van der Waals surface area contributed by atoms with E-state index < -0.39 is 6.10 Å². The highest BCUT2D eigenvalue weighted by Gasteiger charge is 2.14. The lowest BCUT2D eigenvalue weighted by atomic mass is 10.3. The Morgan fingerprint density at radius 3 is 2.75 bits per heavy atom. The molecule has 0 aromatic carbocycles. The first-order valence-corrected chi connectivity index (χ1v) is 5.12. The normalized spacial score (nSPS) is 12.0. The number of anilines is 1. The van der Waals surface area contributed by atoms with E-state index in [0.29, 0.717) is 12.2 Å². The Kier molecular flexibility index (Phi) is 4.25. The predicted molar refractivity (Wildman–Crippen MR) is 62.4 cm³/mol. The van der Waals surface area contributed by atoms with E-state index in [2.05, 4.69) is 10.3 Å². The maximum atomic E-state index is 11.8. The van der Waals surface area contributed by atoms with E-state index in [9.17, 15) is 9.90 Å². The second-order valence-corrected chi connectivity index (χ2v) is 3.72. The molecule has 0 aliphatic heterocycles. The van der Waals surface area contributed by atoms with E-state index >= 15 is 0 Å². The van der Waals surface area contributed by atoms with Crippen LogP contribution in [0.5, 0.6) is 0 Å². The molecule has 2 N–H and O–H groups in total. The topological polar surface area (TPSA) is 65.5 Å². The average molecular weight is 223 g/mol. The number of amides is 1. The van der Waals surface area contributed by atoms with Crippen molar-refractivity contribution in [3.63, 3.8) is 0 Å². The van der Waals surface area contributed by atoms with Crippen molar-refractivity contribution < 1.29 is 9.90 Å². The van der Waals surface area contributed by atoms with Crippen LogP contribution in [0.15, 0.2) is 18.3 Å². The van der Waals surface area contributed by atoms with Crippen LogP contribution in [-0.2, 0) is 0 Å². The third kappa shape index (κ3) is 3.20. The monoisotopic (exact) mass is 223 g/mol. The van der Waals surface area contributed by atoms with Crippen LogP contribution in [0.2, 0.25) is 0 Å². The van der Waals surface area contributed by atoms with Gasteiger partial charge in [-0.3, -0.25) is 4.79 Å². The van der Waals surface area contributed by atoms with Gasteiger partial charge < -0.3 is 15.3 Å². The van der Waals surface area contributed by atoms with Gasteiger partial charge in [-0.25, -0.2) is 4.98 Å². The molecular formula is C11H17N3O2. The summed E-state index contributed by atoms with van der Waals surface area (Å²) in [5, 5.41) is 12.1. The highest BCUT2D eigenvalue weighted by Crippen LogP contribution is 2.06. The van der Waals surface area contributed by atoms with Gasteiger partial charge in [0.25, 0.3) is 5.91 Å². The van der Waals surface area contributed by atoms with Gasteiger partial charge >= 0.3 is 0 Å². The molecule has 0 radical (unpaired) electrons. The Morgan fingerprint density at radius 1 is 1.62 bits per heavy atom. The fourth-order valence-corrected chi connectivity index (χ4v) is 1.34. The Morgan fingerprint density at radius 2 is 2.31 bits per heavy atom. The van der Waals surface area contributed by atoms with E-state index in [1.54, 1.807) is 39.3 Å². The molecule has 1 unspecified atom stereocenters. The molecule has 0 saturated heterocycles. The maximum Gasteiger partial charge on any atom is 0.272 e. The number of nitrogens with zero attached hydrogens (tertiary/aromatic N) is 2. The van der Waals surface area contributed by atoms with Crippen LogP contribution in [0.1, 0.15) is 17.4 Å². The molecule has 88 valence electrons. The Balaban J connectivity index is 2.72. The van der Waals surface area contributed by atoms with E-state index in [4.69, 9.17) is 0 Å². The third-order valence-corrected chi connectivity index (χ3v) is 2.16. The second kappa shape index (κ2) is 5.46. The van der Waals surface area contributed by atoms with Crippen molar-refractivity contribution in [1.29, 1.82) is 0 Å². The molecule has 1 rings (SSSR count). The molecule has 0 bridgehead atoms. The van der Waals surface area contributed by atoms with Crippen molar-refractivity contribution in [1.82, 2.24) is 9.88 Å². The SMILES string of the molecule is CNc1ccc(C(=O)N(C)CC(C)O)nc1. The summed E-state index contributed by atoms with van der Waals surface area (Å²) in [6.07, 6.45) is 1.06. The number of nitrogens with one attached hydrogen (secondary N) is 1. The molecule has 0 fully saturated rings. The predicted octanol–water partition coefficient (Wildman–Crippen LogP) is 0.576. The number of likely N-dealkylation sites (N-methyl/N-ethyl adjacent to an activating group) is 1. The quantitative estimate of drug-likeness (QED) is 0.783. The lowest BCUT2D eigenvalue weighted by Crippen LogP contribution is -2.33. The van der Waals surface area contributed by atoms with E-state index in [-0.39, 0.29) is 5.91 Å². The highest BCUT2D eigenvalue weighted by molar-refractivity contribution is 5.92. The molecule has 5 nitrogen and oxygen atoms in total. The first-order chi connectivity index (χ1) is 7.54. The van der Waals surface area contributed by atoms with Crippen LogP contribution < -0.4 is 5.32 Å². The van der Waals surface area contributed by atoms with E-state index in [0.717, 1.165) is 5.69 Å². The number of aliphatic hydroxyl groups excluding tert-OH is 1. The van der Waals surface area contributed by atoms with Gasteiger partial charge in [-0.05, 0) is 19.1 Å². The molecule has 1 amide bonds. The van der Waals surface area contributed by atoms with Gasteiger partial charge in [0.15, 0.2) is 0 Å². The van der Waals surface area contributed by atoms with Crippen LogP contribution in [0.25, 0.3) is 0 Å². The molecule has 1 aromatic rings. The van der Waals surface area contributed by atoms with Crippen molar-refractivity contribution in [2.24, 2.45) is 0 Å². The summed E-state index contributed by atoms with van der Waals surface area (Å²) < 4.78 is 0. The summed E-state index contributed by atoms with van der Waals surface area (Å²) in [5.74, 6) is -0.191. The molecule has 16 heavy (non-hydrogen) atoms. The van der Waals surface area contributed by atoms with Crippen molar-refractivity contribution in [2.75, 3.05) is 26.0 Å². The van der Waals surface area contributed by atoms with Gasteiger partial charge in [-0.15, -0.1) is 0 Å². The molecule has 1 heterocycles. The van der Waals surface area contributed by atoms with Gasteiger partial charge in [0.05, 0.1) is 18.0 Å². The lowest BCUT2D eigenvalue weighted by Gasteiger charge is -2.18. The maximum absolute atomic E-state index is 11.8. The van der Waals surface area contributed by atoms with Crippen molar-refractivity contribution in [3.05, 3.63) is 24.0 Å². The zero-order valence-electron chi connectivity index (χ0n) is 9.77. The number of carbonyl (C=O) groups is 1. The summed E-state index contributed by atoms with van der Waals surface area (Å²) in [4.78, 5) is 17.3. The van der Waals surface area contributed by atoms with E-state index in [1.165, 1.54) is 4.90 Å². The van der Waals surface area contributed by atoms with Crippen LogP contribution in [0.4, 0.5) is 5.69 Å². The smallest absolute Gasteiger partial charge is 0.272 e. The van der Waals surface area contributed by atoms with Crippen molar-refractivity contribution in [3.8, 4) is 0 Å². The standard InChI is InChI=1S/C11H17N3O2/c1-8(15)7-14(3)11(16)10-5-4-9(12-2)6-13-10/h4-6,8,12,15H,7H2,1-3H3.